The van der Waals surface area contributed by atoms with E-state index in [1.165, 1.54) is 12.1 Å². The van der Waals surface area contributed by atoms with Gasteiger partial charge in [-0.25, -0.2) is 0 Å². The molecule has 0 amide bonds. The molecule has 0 saturated heterocycles. The number of aldehydes is 1. The summed E-state index contributed by atoms with van der Waals surface area (Å²) in [6.45, 7) is 0. The SMILES string of the molecule is O=CC(O)Cc1cccc(O)c1. The monoisotopic (exact) mass is 166 g/mol. The van der Waals surface area contributed by atoms with E-state index in [1.807, 2.05) is 0 Å². The van der Waals surface area contributed by atoms with Gasteiger partial charge in [0, 0.05) is 6.42 Å². The number of aliphatic hydroxyl groups excluding tert-OH is 1. The fraction of sp³-hybridized carbons (Fsp3) is 0.222. The van der Waals surface area contributed by atoms with Crippen molar-refractivity contribution in [1.29, 1.82) is 0 Å². The number of carbonyl (C=O) groups is 1. The highest BCUT2D eigenvalue weighted by Gasteiger charge is 2.02. The van der Waals surface area contributed by atoms with Crippen LogP contribution in [0.5, 0.6) is 5.75 Å². The molecule has 0 saturated carbocycles. The first-order chi connectivity index (χ1) is 5.72. The summed E-state index contributed by atoms with van der Waals surface area (Å²) < 4.78 is 0. The molecule has 1 unspecified atom stereocenters. The van der Waals surface area contributed by atoms with E-state index >= 15 is 0 Å². The van der Waals surface area contributed by atoms with Crippen molar-refractivity contribution in [3.8, 4) is 5.75 Å². The van der Waals surface area contributed by atoms with Crippen LogP contribution in [-0.4, -0.2) is 22.6 Å². The van der Waals surface area contributed by atoms with E-state index in [0.29, 0.717) is 6.29 Å². The van der Waals surface area contributed by atoms with Gasteiger partial charge in [0.25, 0.3) is 0 Å². The first-order valence-electron chi connectivity index (χ1n) is 3.63. The van der Waals surface area contributed by atoms with Crippen LogP contribution in [0.3, 0.4) is 0 Å². The fourth-order valence-corrected chi connectivity index (χ4v) is 0.973. The average Bonchev–Trinajstić information content (AvgIpc) is 2.04. The van der Waals surface area contributed by atoms with Crippen LogP contribution in [0, 0.1) is 0 Å². The van der Waals surface area contributed by atoms with Gasteiger partial charge in [-0.3, -0.25) is 0 Å². The van der Waals surface area contributed by atoms with Crippen molar-refractivity contribution < 1.29 is 15.0 Å². The number of benzene rings is 1. The summed E-state index contributed by atoms with van der Waals surface area (Å²) in [4.78, 5) is 10.1. The van der Waals surface area contributed by atoms with E-state index in [-0.39, 0.29) is 12.2 Å². The number of aromatic hydroxyl groups is 1. The Bertz CT molecular complexity index is 270. The van der Waals surface area contributed by atoms with Crippen LogP contribution < -0.4 is 0 Å². The van der Waals surface area contributed by atoms with Crippen molar-refractivity contribution >= 4 is 6.29 Å². The molecule has 0 heterocycles. The third-order valence-corrected chi connectivity index (χ3v) is 1.51. The smallest absolute Gasteiger partial charge is 0.148 e. The van der Waals surface area contributed by atoms with Crippen LogP contribution in [-0.2, 0) is 11.2 Å². The highest BCUT2D eigenvalue weighted by atomic mass is 16.3. The highest BCUT2D eigenvalue weighted by Crippen LogP contribution is 2.11. The summed E-state index contributed by atoms with van der Waals surface area (Å²) in [5, 5.41) is 18.0. The lowest BCUT2D eigenvalue weighted by Crippen LogP contribution is -2.11. The molecule has 0 aliphatic carbocycles. The molecule has 0 fully saturated rings. The molecule has 3 nitrogen and oxygen atoms in total. The van der Waals surface area contributed by atoms with Crippen molar-refractivity contribution in [3.05, 3.63) is 29.8 Å². The Morgan fingerprint density at radius 3 is 2.83 bits per heavy atom. The van der Waals surface area contributed by atoms with Crippen molar-refractivity contribution in [3.63, 3.8) is 0 Å². The van der Waals surface area contributed by atoms with E-state index in [2.05, 4.69) is 0 Å². The molecule has 1 aromatic rings. The van der Waals surface area contributed by atoms with E-state index < -0.39 is 6.10 Å². The molecule has 2 N–H and O–H groups in total. The van der Waals surface area contributed by atoms with Gasteiger partial charge in [-0.15, -0.1) is 0 Å². The van der Waals surface area contributed by atoms with Gasteiger partial charge in [-0.2, -0.15) is 0 Å². The molecule has 3 heteroatoms. The van der Waals surface area contributed by atoms with Gasteiger partial charge in [0.2, 0.25) is 0 Å². The van der Waals surface area contributed by atoms with Gasteiger partial charge in [-0.05, 0) is 17.7 Å². The molecule has 1 aromatic carbocycles. The molecule has 0 spiro atoms. The van der Waals surface area contributed by atoms with E-state index in [0.717, 1.165) is 5.56 Å². The number of phenols is 1. The second kappa shape index (κ2) is 3.88. The Kier molecular flexibility index (Phi) is 2.82. The summed E-state index contributed by atoms with van der Waals surface area (Å²) in [5.74, 6) is 0.144. The lowest BCUT2D eigenvalue weighted by molar-refractivity contribution is -0.114. The highest BCUT2D eigenvalue weighted by molar-refractivity contribution is 5.56. The predicted molar refractivity (Wildman–Crippen MR) is 43.9 cm³/mol. The molecule has 0 aromatic heterocycles. The predicted octanol–water partition coefficient (Wildman–Crippen LogP) is 0.494. The summed E-state index contributed by atoms with van der Waals surface area (Å²) in [6.07, 6.45) is -0.256. The molecule has 0 aliphatic rings. The van der Waals surface area contributed by atoms with Crippen LogP contribution in [0.1, 0.15) is 5.56 Å². The largest absolute Gasteiger partial charge is 0.508 e. The maximum Gasteiger partial charge on any atom is 0.148 e. The second-order valence-corrected chi connectivity index (χ2v) is 2.58. The second-order valence-electron chi connectivity index (χ2n) is 2.58. The minimum absolute atomic E-state index is 0.144. The summed E-state index contributed by atoms with van der Waals surface area (Å²) in [6, 6.07) is 6.47. The minimum atomic E-state index is -0.980. The van der Waals surface area contributed by atoms with Gasteiger partial charge in [0.05, 0.1) is 0 Å². The third kappa shape index (κ3) is 2.36. The van der Waals surface area contributed by atoms with E-state index in [4.69, 9.17) is 10.2 Å². The molecule has 0 aliphatic heterocycles. The van der Waals surface area contributed by atoms with Gasteiger partial charge < -0.3 is 15.0 Å². The Balaban J connectivity index is 2.69. The lowest BCUT2D eigenvalue weighted by Gasteiger charge is -2.02. The summed E-state index contributed by atoms with van der Waals surface area (Å²) in [5.41, 5.74) is 0.745. The number of aliphatic hydroxyl groups is 1. The lowest BCUT2D eigenvalue weighted by atomic mass is 10.1. The zero-order chi connectivity index (χ0) is 8.97. The Hall–Kier alpha value is -1.35. The summed E-state index contributed by atoms with van der Waals surface area (Å²) >= 11 is 0. The zero-order valence-corrected chi connectivity index (χ0v) is 6.47. The molecule has 12 heavy (non-hydrogen) atoms. The number of phenolic OH excluding ortho intramolecular Hbond substituents is 1. The molecule has 0 bridgehead atoms. The number of hydrogen-bond donors (Lipinski definition) is 2. The standard InChI is InChI=1S/C9H10O3/c10-6-9(12)5-7-2-1-3-8(11)4-7/h1-4,6,9,11-12H,5H2. The van der Waals surface area contributed by atoms with Gasteiger partial charge in [-0.1, -0.05) is 12.1 Å². The van der Waals surface area contributed by atoms with Crippen molar-refractivity contribution in [2.24, 2.45) is 0 Å². The zero-order valence-electron chi connectivity index (χ0n) is 6.47. The Morgan fingerprint density at radius 1 is 1.50 bits per heavy atom. The average molecular weight is 166 g/mol. The maximum absolute atomic E-state index is 10.1. The first kappa shape index (κ1) is 8.74. The Morgan fingerprint density at radius 2 is 2.25 bits per heavy atom. The van der Waals surface area contributed by atoms with Crippen molar-refractivity contribution in [2.75, 3.05) is 0 Å². The number of carbonyl (C=O) groups excluding carboxylic acids is 1. The third-order valence-electron chi connectivity index (χ3n) is 1.51. The van der Waals surface area contributed by atoms with Crippen LogP contribution in [0.15, 0.2) is 24.3 Å². The van der Waals surface area contributed by atoms with Gasteiger partial charge in [0.1, 0.15) is 18.1 Å². The summed E-state index contributed by atoms with van der Waals surface area (Å²) in [7, 11) is 0. The Labute approximate surface area is 70.3 Å². The van der Waals surface area contributed by atoms with E-state index in [9.17, 15) is 4.79 Å². The number of rotatable bonds is 3. The van der Waals surface area contributed by atoms with Crippen LogP contribution in [0.2, 0.25) is 0 Å². The minimum Gasteiger partial charge on any atom is -0.508 e. The quantitative estimate of drug-likeness (QED) is 0.642. The van der Waals surface area contributed by atoms with Crippen molar-refractivity contribution in [1.82, 2.24) is 0 Å². The fourth-order valence-electron chi connectivity index (χ4n) is 0.973. The van der Waals surface area contributed by atoms with Gasteiger partial charge >= 0.3 is 0 Å². The normalized spacial score (nSPS) is 12.4. The van der Waals surface area contributed by atoms with Gasteiger partial charge in [0.15, 0.2) is 0 Å². The molecular formula is C9H10O3. The maximum atomic E-state index is 10.1. The molecule has 1 rings (SSSR count). The molecule has 1 atom stereocenters. The first-order valence-corrected chi connectivity index (χ1v) is 3.63. The number of hydrogen-bond acceptors (Lipinski definition) is 3. The van der Waals surface area contributed by atoms with Crippen LogP contribution in [0.25, 0.3) is 0 Å². The van der Waals surface area contributed by atoms with Crippen molar-refractivity contribution in [2.45, 2.75) is 12.5 Å². The van der Waals surface area contributed by atoms with Crippen LogP contribution >= 0.6 is 0 Å². The molecular weight excluding hydrogens is 156 g/mol. The molecule has 64 valence electrons. The molecule has 0 radical (unpaired) electrons. The topological polar surface area (TPSA) is 57.5 Å². The van der Waals surface area contributed by atoms with E-state index in [1.54, 1.807) is 12.1 Å². The van der Waals surface area contributed by atoms with Crippen LogP contribution in [0.4, 0.5) is 0 Å².